The predicted molar refractivity (Wildman–Crippen MR) is 125 cm³/mol. The highest BCUT2D eigenvalue weighted by molar-refractivity contribution is 5.94. The van der Waals surface area contributed by atoms with E-state index in [2.05, 4.69) is 19.9 Å². The average molecular weight is 471 g/mol. The van der Waals surface area contributed by atoms with Crippen LogP contribution in [-0.2, 0) is 0 Å². The first-order valence-electron chi connectivity index (χ1n) is 11.2. The molecule has 0 saturated carbocycles. The topological polar surface area (TPSA) is 90.3 Å². The molecule has 3 heterocycles. The minimum absolute atomic E-state index is 0.0807. The molecule has 2 aromatic heterocycles. The van der Waals surface area contributed by atoms with Crippen molar-refractivity contribution in [1.29, 1.82) is 0 Å². The van der Waals surface area contributed by atoms with Gasteiger partial charge in [0.15, 0.2) is 11.6 Å². The third-order valence-electron chi connectivity index (χ3n) is 5.66. The highest BCUT2D eigenvalue weighted by Gasteiger charge is 2.29. The van der Waals surface area contributed by atoms with E-state index >= 15 is 0 Å². The van der Waals surface area contributed by atoms with Crippen molar-refractivity contribution >= 4 is 5.91 Å². The Hall–Kier alpha value is -4.40. The molecule has 1 aliphatic rings. The van der Waals surface area contributed by atoms with Gasteiger partial charge in [0.25, 0.3) is 5.91 Å². The molecule has 5 rings (SSSR count). The molecule has 1 unspecified atom stereocenters. The fraction of sp³-hybridized carbons (Fsp3) is 0.192. The summed E-state index contributed by atoms with van der Waals surface area (Å²) in [4.78, 5) is 32.0. The van der Waals surface area contributed by atoms with Gasteiger partial charge < -0.3 is 14.4 Å². The molecule has 1 aliphatic heterocycles. The Morgan fingerprint density at radius 2 is 1.74 bits per heavy atom. The van der Waals surface area contributed by atoms with Crippen LogP contribution < -0.4 is 9.47 Å². The lowest BCUT2D eigenvalue weighted by molar-refractivity contribution is 0.0704. The highest BCUT2D eigenvalue weighted by atomic mass is 19.1. The number of benzene rings is 2. The summed E-state index contributed by atoms with van der Waals surface area (Å²) in [5.74, 6) is 0.111. The Bertz CT molecular complexity index is 1320. The van der Waals surface area contributed by atoms with E-state index in [1.807, 2.05) is 0 Å². The zero-order chi connectivity index (χ0) is 24.0. The standard InChI is InChI=1S/C26H22FN5O3/c27-21-9-1-2-10-22(21)35-24-23(28-13-14-29-24)19-7-4-15-32(17-19)25(33)18-6-3-8-20(16-18)34-26-30-11-5-12-31-26/h1-3,5-6,8-14,16,19H,4,7,15,17H2. The van der Waals surface area contributed by atoms with E-state index in [0.29, 0.717) is 30.1 Å². The van der Waals surface area contributed by atoms with Crippen molar-refractivity contribution in [1.82, 2.24) is 24.8 Å². The number of nitrogens with zero attached hydrogens (tertiary/aromatic N) is 5. The van der Waals surface area contributed by atoms with Crippen molar-refractivity contribution in [2.24, 2.45) is 0 Å². The number of carbonyl (C=O) groups is 1. The lowest BCUT2D eigenvalue weighted by Gasteiger charge is -2.33. The number of halogens is 1. The maximum atomic E-state index is 14.1. The van der Waals surface area contributed by atoms with Crippen LogP contribution in [0, 0.1) is 5.82 Å². The van der Waals surface area contributed by atoms with E-state index in [1.165, 1.54) is 12.3 Å². The third-order valence-corrected chi connectivity index (χ3v) is 5.66. The molecule has 1 amide bonds. The molecular formula is C26H22FN5O3. The van der Waals surface area contributed by atoms with Crippen LogP contribution in [0.1, 0.15) is 34.8 Å². The molecule has 2 aromatic carbocycles. The first kappa shape index (κ1) is 22.4. The normalized spacial score (nSPS) is 15.5. The van der Waals surface area contributed by atoms with Gasteiger partial charge in [-0.25, -0.2) is 19.3 Å². The molecule has 0 N–H and O–H groups in total. The molecule has 0 aliphatic carbocycles. The van der Waals surface area contributed by atoms with Gasteiger partial charge in [0, 0.05) is 49.4 Å². The second kappa shape index (κ2) is 10.3. The van der Waals surface area contributed by atoms with E-state index in [9.17, 15) is 9.18 Å². The summed E-state index contributed by atoms with van der Waals surface area (Å²) in [6.07, 6.45) is 7.86. The number of amides is 1. The number of para-hydroxylation sites is 1. The molecule has 35 heavy (non-hydrogen) atoms. The zero-order valence-electron chi connectivity index (χ0n) is 18.8. The number of carbonyl (C=O) groups excluding carboxylic acids is 1. The summed E-state index contributed by atoms with van der Waals surface area (Å²) in [5.41, 5.74) is 1.10. The molecular weight excluding hydrogens is 449 g/mol. The summed E-state index contributed by atoms with van der Waals surface area (Å²) < 4.78 is 25.6. The maximum absolute atomic E-state index is 14.1. The second-order valence-corrected chi connectivity index (χ2v) is 8.03. The van der Waals surface area contributed by atoms with Gasteiger partial charge in [-0.15, -0.1) is 0 Å². The molecule has 1 saturated heterocycles. The Morgan fingerprint density at radius 3 is 2.60 bits per heavy atom. The van der Waals surface area contributed by atoms with Crippen molar-refractivity contribution in [3.8, 4) is 23.4 Å². The summed E-state index contributed by atoms with van der Waals surface area (Å²) in [6.45, 7) is 1.06. The Labute approximate surface area is 201 Å². The van der Waals surface area contributed by atoms with Crippen LogP contribution in [0.15, 0.2) is 79.4 Å². The van der Waals surface area contributed by atoms with Crippen molar-refractivity contribution in [3.63, 3.8) is 0 Å². The van der Waals surface area contributed by atoms with Crippen molar-refractivity contribution in [3.05, 3.63) is 96.5 Å². The lowest BCUT2D eigenvalue weighted by Crippen LogP contribution is -2.39. The summed E-state index contributed by atoms with van der Waals surface area (Å²) >= 11 is 0. The fourth-order valence-electron chi connectivity index (χ4n) is 4.03. The molecule has 0 spiro atoms. The number of hydrogen-bond donors (Lipinski definition) is 0. The van der Waals surface area contributed by atoms with Gasteiger partial charge in [-0.1, -0.05) is 18.2 Å². The second-order valence-electron chi connectivity index (χ2n) is 8.03. The summed E-state index contributed by atoms with van der Waals surface area (Å²) in [5, 5.41) is 0. The zero-order valence-corrected chi connectivity index (χ0v) is 18.8. The molecule has 1 fully saturated rings. The molecule has 176 valence electrons. The first-order valence-corrected chi connectivity index (χ1v) is 11.2. The number of rotatable bonds is 6. The van der Waals surface area contributed by atoms with Crippen LogP contribution in [0.2, 0.25) is 0 Å². The monoisotopic (exact) mass is 471 g/mol. The van der Waals surface area contributed by atoms with Crippen LogP contribution in [0.4, 0.5) is 4.39 Å². The van der Waals surface area contributed by atoms with Crippen LogP contribution in [0.25, 0.3) is 0 Å². The van der Waals surface area contributed by atoms with Gasteiger partial charge in [0.2, 0.25) is 5.88 Å². The molecule has 1 atom stereocenters. The summed E-state index contributed by atoms with van der Waals surface area (Å²) in [7, 11) is 0. The van der Waals surface area contributed by atoms with E-state index in [-0.39, 0.29) is 29.5 Å². The van der Waals surface area contributed by atoms with Gasteiger partial charge in [-0.3, -0.25) is 9.78 Å². The minimum atomic E-state index is -0.479. The van der Waals surface area contributed by atoms with E-state index in [0.717, 1.165) is 12.8 Å². The van der Waals surface area contributed by atoms with Gasteiger partial charge in [0.1, 0.15) is 11.4 Å². The predicted octanol–water partition coefficient (Wildman–Crippen LogP) is 5.01. The quantitative estimate of drug-likeness (QED) is 0.390. The molecule has 0 bridgehead atoms. The Kier molecular flexibility index (Phi) is 6.56. The SMILES string of the molecule is O=C(c1cccc(Oc2ncccn2)c1)N1CCCC(c2nccnc2Oc2ccccc2F)C1. The number of hydrogen-bond acceptors (Lipinski definition) is 7. The summed E-state index contributed by atoms with van der Waals surface area (Å²) in [6, 6.07) is 15.0. The van der Waals surface area contributed by atoms with E-state index in [1.54, 1.807) is 72.0 Å². The number of aromatic nitrogens is 4. The van der Waals surface area contributed by atoms with Crippen molar-refractivity contribution < 1.29 is 18.7 Å². The maximum Gasteiger partial charge on any atom is 0.321 e. The molecule has 0 radical (unpaired) electrons. The highest BCUT2D eigenvalue weighted by Crippen LogP contribution is 2.34. The first-order chi connectivity index (χ1) is 17.2. The number of likely N-dealkylation sites (tertiary alicyclic amines) is 1. The van der Waals surface area contributed by atoms with Crippen LogP contribution in [0.5, 0.6) is 23.4 Å². The number of piperidine rings is 1. The van der Waals surface area contributed by atoms with Gasteiger partial charge in [0.05, 0.1) is 0 Å². The third kappa shape index (κ3) is 5.24. The van der Waals surface area contributed by atoms with Crippen LogP contribution in [0.3, 0.4) is 0 Å². The molecule has 8 nitrogen and oxygen atoms in total. The largest absolute Gasteiger partial charge is 0.434 e. The van der Waals surface area contributed by atoms with Gasteiger partial charge in [-0.2, -0.15) is 0 Å². The lowest BCUT2D eigenvalue weighted by atomic mass is 9.94. The van der Waals surface area contributed by atoms with Gasteiger partial charge in [-0.05, 0) is 49.2 Å². The smallest absolute Gasteiger partial charge is 0.321 e. The van der Waals surface area contributed by atoms with Gasteiger partial charge >= 0.3 is 6.01 Å². The van der Waals surface area contributed by atoms with E-state index in [4.69, 9.17) is 9.47 Å². The fourth-order valence-corrected chi connectivity index (χ4v) is 4.03. The minimum Gasteiger partial charge on any atom is -0.434 e. The van der Waals surface area contributed by atoms with Crippen molar-refractivity contribution in [2.75, 3.05) is 13.1 Å². The van der Waals surface area contributed by atoms with E-state index < -0.39 is 5.82 Å². The number of ether oxygens (including phenoxy) is 2. The Morgan fingerprint density at radius 1 is 0.914 bits per heavy atom. The van der Waals surface area contributed by atoms with Crippen LogP contribution in [-0.4, -0.2) is 43.8 Å². The van der Waals surface area contributed by atoms with Crippen LogP contribution >= 0.6 is 0 Å². The average Bonchev–Trinajstić information content (AvgIpc) is 2.91. The van der Waals surface area contributed by atoms with Crippen molar-refractivity contribution in [2.45, 2.75) is 18.8 Å². The Balaban J connectivity index is 1.32. The molecule has 4 aromatic rings. The molecule has 9 heteroatoms.